The molecule has 0 saturated carbocycles. The van der Waals surface area contributed by atoms with Gasteiger partial charge in [0.15, 0.2) is 0 Å². The molecule has 0 aromatic heterocycles. The Labute approximate surface area is 115 Å². The summed E-state index contributed by atoms with van der Waals surface area (Å²) in [6.45, 7) is 16.9. The molecule has 2 unspecified atom stereocenters. The van der Waals surface area contributed by atoms with Crippen molar-refractivity contribution < 1.29 is 0 Å². The first kappa shape index (κ1) is 17.9. The molecule has 0 bridgehead atoms. The first-order valence-electron chi connectivity index (χ1n) is 7.36. The van der Waals surface area contributed by atoms with Crippen molar-refractivity contribution in [1.82, 2.24) is 15.1 Å². The van der Waals surface area contributed by atoms with Crippen molar-refractivity contribution in [3.05, 3.63) is 0 Å². The lowest BCUT2D eigenvalue weighted by Crippen LogP contribution is -2.52. The van der Waals surface area contributed by atoms with Crippen LogP contribution in [0.2, 0.25) is 0 Å². The van der Waals surface area contributed by atoms with Gasteiger partial charge in [0.1, 0.15) is 0 Å². The van der Waals surface area contributed by atoms with Crippen LogP contribution in [-0.2, 0) is 0 Å². The smallest absolute Gasteiger partial charge is 0.0221 e. The molecule has 18 heavy (non-hydrogen) atoms. The molecule has 0 aromatic rings. The highest BCUT2D eigenvalue weighted by molar-refractivity contribution is 4.81. The monoisotopic (exact) mass is 257 g/mol. The summed E-state index contributed by atoms with van der Waals surface area (Å²) in [4.78, 5) is 4.90. The molecule has 0 saturated heterocycles. The Bertz CT molecular complexity index is 208. The van der Waals surface area contributed by atoms with Gasteiger partial charge in [0, 0.05) is 30.7 Å². The second-order valence-electron chi connectivity index (χ2n) is 6.63. The molecule has 0 aromatic carbocycles. The summed E-state index contributed by atoms with van der Waals surface area (Å²) in [6, 6.07) is 1.24. The standard InChI is InChI=1S/C15H35N3/c1-9-14(11-16-15(4,5)6)18(10-2)13(3)12-17(7)8/h13-14,16H,9-12H2,1-8H3. The molecule has 1 N–H and O–H groups in total. The van der Waals surface area contributed by atoms with Crippen LogP contribution in [0.15, 0.2) is 0 Å². The zero-order valence-corrected chi connectivity index (χ0v) is 13.9. The number of nitrogens with zero attached hydrogens (tertiary/aromatic N) is 2. The minimum atomic E-state index is 0.206. The number of nitrogens with one attached hydrogen (secondary N) is 1. The van der Waals surface area contributed by atoms with E-state index in [0.717, 1.165) is 19.6 Å². The Morgan fingerprint density at radius 2 is 1.67 bits per heavy atom. The van der Waals surface area contributed by atoms with E-state index < -0.39 is 0 Å². The van der Waals surface area contributed by atoms with Crippen LogP contribution in [0.4, 0.5) is 0 Å². The van der Waals surface area contributed by atoms with Crippen molar-refractivity contribution in [1.29, 1.82) is 0 Å². The molecule has 0 rings (SSSR count). The molecule has 3 heteroatoms. The van der Waals surface area contributed by atoms with Crippen molar-refractivity contribution in [3.63, 3.8) is 0 Å². The predicted octanol–water partition coefficient (Wildman–Crippen LogP) is 2.43. The van der Waals surface area contributed by atoms with Gasteiger partial charge in [-0.1, -0.05) is 13.8 Å². The third-order valence-electron chi connectivity index (χ3n) is 3.37. The Balaban J connectivity index is 4.47. The average Bonchev–Trinajstić information content (AvgIpc) is 2.21. The van der Waals surface area contributed by atoms with Gasteiger partial charge >= 0.3 is 0 Å². The molecular weight excluding hydrogens is 222 g/mol. The van der Waals surface area contributed by atoms with E-state index in [2.05, 4.69) is 70.8 Å². The van der Waals surface area contributed by atoms with Gasteiger partial charge in [0.05, 0.1) is 0 Å². The molecule has 0 radical (unpaired) electrons. The van der Waals surface area contributed by atoms with Gasteiger partial charge in [-0.25, -0.2) is 0 Å². The summed E-state index contributed by atoms with van der Waals surface area (Å²) >= 11 is 0. The van der Waals surface area contributed by atoms with E-state index >= 15 is 0 Å². The minimum Gasteiger partial charge on any atom is -0.311 e. The van der Waals surface area contributed by atoms with E-state index in [1.54, 1.807) is 0 Å². The van der Waals surface area contributed by atoms with E-state index in [0.29, 0.717) is 12.1 Å². The van der Waals surface area contributed by atoms with Crippen LogP contribution in [0.3, 0.4) is 0 Å². The van der Waals surface area contributed by atoms with Crippen molar-refractivity contribution in [2.45, 2.75) is 65.6 Å². The third kappa shape index (κ3) is 7.34. The summed E-state index contributed by atoms with van der Waals surface area (Å²) in [5, 5.41) is 3.64. The topological polar surface area (TPSA) is 18.5 Å². The van der Waals surface area contributed by atoms with Gasteiger partial charge < -0.3 is 10.2 Å². The van der Waals surface area contributed by atoms with E-state index in [1.165, 1.54) is 6.42 Å². The zero-order valence-electron chi connectivity index (χ0n) is 13.9. The average molecular weight is 257 g/mol. The van der Waals surface area contributed by atoms with Gasteiger partial charge in [-0.3, -0.25) is 4.90 Å². The first-order chi connectivity index (χ1) is 8.21. The van der Waals surface area contributed by atoms with E-state index in [1.807, 2.05) is 0 Å². The maximum atomic E-state index is 3.64. The normalized spacial score (nSPS) is 16.3. The molecule has 0 amide bonds. The lowest BCUT2D eigenvalue weighted by atomic mass is 10.1. The van der Waals surface area contributed by atoms with Crippen LogP contribution in [0.25, 0.3) is 0 Å². The highest BCUT2D eigenvalue weighted by Crippen LogP contribution is 2.11. The van der Waals surface area contributed by atoms with Crippen molar-refractivity contribution in [3.8, 4) is 0 Å². The minimum absolute atomic E-state index is 0.206. The molecule has 0 heterocycles. The fourth-order valence-electron chi connectivity index (χ4n) is 2.48. The molecule has 0 spiro atoms. The number of hydrogen-bond acceptors (Lipinski definition) is 3. The number of hydrogen-bond donors (Lipinski definition) is 1. The molecule has 0 fully saturated rings. The molecule has 3 nitrogen and oxygen atoms in total. The molecule has 0 aliphatic rings. The molecule has 110 valence electrons. The third-order valence-corrected chi connectivity index (χ3v) is 3.37. The lowest BCUT2D eigenvalue weighted by Gasteiger charge is -2.38. The van der Waals surface area contributed by atoms with E-state index in [-0.39, 0.29) is 5.54 Å². The lowest BCUT2D eigenvalue weighted by molar-refractivity contribution is 0.118. The fraction of sp³-hybridized carbons (Fsp3) is 1.00. The Hall–Kier alpha value is -0.120. The van der Waals surface area contributed by atoms with Crippen molar-refractivity contribution in [2.75, 3.05) is 33.7 Å². The van der Waals surface area contributed by atoms with Crippen LogP contribution in [0, 0.1) is 0 Å². The highest BCUT2D eigenvalue weighted by Gasteiger charge is 2.22. The van der Waals surface area contributed by atoms with Crippen LogP contribution >= 0.6 is 0 Å². The summed E-state index contributed by atoms with van der Waals surface area (Å²) in [5.41, 5.74) is 0.206. The van der Waals surface area contributed by atoms with Gasteiger partial charge in [-0.05, 0) is 54.8 Å². The molecule has 0 aliphatic carbocycles. The maximum absolute atomic E-state index is 3.64. The second kappa shape index (κ2) is 8.13. The maximum Gasteiger partial charge on any atom is 0.0221 e. The number of rotatable bonds is 8. The first-order valence-corrected chi connectivity index (χ1v) is 7.36. The molecule has 2 atom stereocenters. The quantitative estimate of drug-likeness (QED) is 0.720. The Kier molecular flexibility index (Phi) is 8.08. The predicted molar refractivity (Wildman–Crippen MR) is 82.2 cm³/mol. The van der Waals surface area contributed by atoms with Crippen molar-refractivity contribution in [2.24, 2.45) is 0 Å². The summed E-state index contributed by atoms with van der Waals surface area (Å²) in [7, 11) is 4.30. The van der Waals surface area contributed by atoms with Gasteiger partial charge in [-0.2, -0.15) is 0 Å². The largest absolute Gasteiger partial charge is 0.311 e. The van der Waals surface area contributed by atoms with Gasteiger partial charge in [0.25, 0.3) is 0 Å². The SMILES string of the molecule is CCC(CNC(C)(C)C)N(CC)C(C)CN(C)C. The van der Waals surface area contributed by atoms with Gasteiger partial charge in [-0.15, -0.1) is 0 Å². The number of likely N-dealkylation sites (N-methyl/N-ethyl adjacent to an activating group) is 2. The summed E-state index contributed by atoms with van der Waals surface area (Å²) < 4.78 is 0. The Morgan fingerprint density at radius 1 is 1.11 bits per heavy atom. The van der Waals surface area contributed by atoms with E-state index in [4.69, 9.17) is 0 Å². The fourth-order valence-corrected chi connectivity index (χ4v) is 2.48. The highest BCUT2D eigenvalue weighted by atomic mass is 15.2. The van der Waals surface area contributed by atoms with Crippen LogP contribution in [0.1, 0.15) is 48.0 Å². The second-order valence-corrected chi connectivity index (χ2v) is 6.63. The summed E-state index contributed by atoms with van der Waals surface area (Å²) in [6.07, 6.45) is 1.20. The summed E-state index contributed by atoms with van der Waals surface area (Å²) in [5.74, 6) is 0. The van der Waals surface area contributed by atoms with Crippen LogP contribution in [-0.4, -0.2) is 61.2 Å². The van der Waals surface area contributed by atoms with Crippen LogP contribution in [0.5, 0.6) is 0 Å². The van der Waals surface area contributed by atoms with E-state index in [9.17, 15) is 0 Å². The van der Waals surface area contributed by atoms with Crippen LogP contribution < -0.4 is 5.32 Å². The Morgan fingerprint density at radius 3 is 2.00 bits per heavy atom. The van der Waals surface area contributed by atoms with Gasteiger partial charge in [0.2, 0.25) is 0 Å². The van der Waals surface area contributed by atoms with Crippen molar-refractivity contribution >= 4 is 0 Å². The zero-order chi connectivity index (χ0) is 14.3. The molecule has 0 aliphatic heterocycles. The molecular formula is C15H35N3.